The molecule has 0 radical (unpaired) electrons. The Bertz CT molecular complexity index is 476. The average Bonchev–Trinajstić information content (AvgIpc) is 2.33. The van der Waals surface area contributed by atoms with Crippen LogP contribution >= 0.6 is 11.6 Å². The fraction of sp³-hybridized carbons (Fsp3) is 0.385. The van der Waals surface area contributed by atoms with Gasteiger partial charge in [0.1, 0.15) is 5.75 Å². The first-order valence-electron chi connectivity index (χ1n) is 5.82. The number of nitrogens with one attached hydrogen (secondary N) is 1. The van der Waals surface area contributed by atoms with E-state index >= 15 is 0 Å². The van der Waals surface area contributed by atoms with Crippen molar-refractivity contribution in [1.29, 1.82) is 0 Å². The van der Waals surface area contributed by atoms with Crippen LogP contribution in [0.4, 0.5) is 0 Å². The van der Waals surface area contributed by atoms with Crippen LogP contribution in [-0.4, -0.2) is 29.6 Å². The molecule has 0 saturated carbocycles. The van der Waals surface area contributed by atoms with Crippen molar-refractivity contribution in [1.82, 2.24) is 5.32 Å². The van der Waals surface area contributed by atoms with E-state index in [9.17, 15) is 9.59 Å². The molecule has 1 atom stereocenters. The van der Waals surface area contributed by atoms with E-state index in [0.29, 0.717) is 10.8 Å². The largest absolute Gasteiger partial charge is 0.481 e. The van der Waals surface area contributed by atoms with Crippen molar-refractivity contribution in [3.63, 3.8) is 0 Å². The number of carboxylic acid groups (broad SMARTS) is 1. The summed E-state index contributed by atoms with van der Waals surface area (Å²) in [6.45, 7) is 3.54. The summed E-state index contributed by atoms with van der Waals surface area (Å²) < 4.78 is 5.45. The van der Waals surface area contributed by atoms with Crippen LogP contribution in [0.2, 0.25) is 5.02 Å². The SMILES string of the molecule is Cc1ccc(Cl)c(OC(C)C(=O)NCCC(=O)O)c1. The number of benzene rings is 1. The number of ether oxygens (including phenoxy) is 1. The van der Waals surface area contributed by atoms with Crippen LogP contribution in [0.1, 0.15) is 18.9 Å². The van der Waals surface area contributed by atoms with Gasteiger partial charge >= 0.3 is 5.97 Å². The second-order valence-corrected chi connectivity index (χ2v) is 4.54. The second kappa shape index (κ2) is 6.99. The van der Waals surface area contributed by atoms with Gasteiger partial charge in [0.15, 0.2) is 6.10 Å². The van der Waals surface area contributed by atoms with Crippen LogP contribution in [0, 0.1) is 6.92 Å². The minimum atomic E-state index is -0.962. The van der Waals surface area contributed by atoms with Gasteiger partial charge in [-0.1, -0.05) is 17.7 Å². The van der Waals surface area contributed by atoms with Crippen molar-refractivity contribution in [3.8, 4) is 5.75 Å². The average molecular weight is 286 g/mol. The first-order valence-corrected chi connectivity index (χ1v) is 6.20. The van der Waals surface area contributed by atoms with Gasteiger partial charge in [-0.05, 0) is 31.5 Å². The van der Waals surface area contributed by atoms with Crippen LogP contribution in [0.3, 0.4) is 0 Å². The molecule has 0 aliphatic heterocycles. The Labute approximate surface area is 116 Å². The number of amides is 1. The lowest BCUT2D eigenvalue weighted by Crippen LogP contribution is -2.37. The highest BCUT2D eigenvalue weighted by Crippen LogP contribution is 2.26. The van der Waals surface area contributed by atoms with Gasteiger partial charge < -0.3 is 15.2 Å². The summed E-state index contributed by atoms with van der Waals surface area (Å²) in [7, 11) is 0. The normalized spacial score (nSPS) is 11.7. The minimum Gasteiger partial charge on any atom is -0.481 e. The molecular weight excluding hydrogens is 270 g/mol. The smallest absolute Gasteiger partial charge is 0.305 e. The van der Waals surface area contributed by atoms with Crippen molar-refractivity contribution in [2.75, 3.05) is 6.54 Å². The van der Waals surface area contributed by atoms with E-state index in [2.05, 4.69) is 5.32 Å². The van der Waals surface area contributed by atoms with E-state index in [1.54, 1.807) is 19.1 Å². The maximum absolute atomic E-state index is 11.7. The summed E-state index contributed by atoms with van der Waals surface area (Å²) in [5, 5.41) is 11.4. The predicted octanol–water partition coefficient (Wildman–Crippen LogP) is 2.01. The zero-order chi connectivity index (χ0) is 14.4. The molecule has 0 aliphatic carbocycles. The fourth-order valence-corrected chi connectivity index (χ4v) is 1.54. The van der Waals surface area contributed by atoms with Gasteiger partial charge in [0, 0.05) is 6.54 Å². The molecule has 1 rings (SSSR count). The molecule has 104 valence electrons. The first kappa shape index (κ1) is 15.3. The lowest BCUT2D eigenvalue weighted by atomic mass is 10.2. The van der Waals surface area contributed by atoms with Crippen molar-refractivity contribution in [2.24, 2.45) is 0 Å². The lowest BCUT2D eigenvalue weighted by molar-refractivity contribution is -0.137. The van der Waals surface area contributed by atoms with Crippen LogP contribution in [0.25, 0.3) is 0 Å². The molecule has 6 heteroatoms. The maximum atomic E-state index is 11.7. The number of halogens is 1. The zero-order valence-corrected chi connectivity index (χ0v) is 11.5. The molecule has 19 heavy (non-hydrogen) atoms. The number of rotatable bonds is 6. The number of carboxylic acids is 1. The molecule has 0 saturated heterocycles. The summed E-state index contributed by atoms with van der Waals surface area (Å²) in [5.41, 5.74) is 0.970. The Morgan fingerprint density at radius 1 is 1.47 bits per heavy atom. The Balaban J connectivity index is 2.53. The van der Waals surface area contributed by atoms with Gasteiger partial charge in [-0.3, -0.25) is 9.59 Å². The molecule has 0 aromatic heterocycles. The number of hydrogen-bond donors (Lipinski definition) is 2. The van der Waals surface area contributed by atoms with Gasteiger partial charge in [0.05, 0.1) is 11.4 Å². The van der Waals surface area contributed by atoms with Crippen LogP contribution in [0.15, 0.2) is 18.2 Å². The molecule has 0 spiro atoms. The molecule has 0 aliphatic rings. The van der Waals surface area contributed by atoms with Gasteiger partial charge in [-0.25, -0.2) is 0 Å². The molecule has 0 fully saturated rings. The van der Waals surface area contributed by atoms with Crippen molar-refractivity contribution in [2.45, 2.75) is 26.4 Å². The number of carbonyl (C=O) groups excluding carboxylic acids is 1. The Morgan fingerprint density at radius 3 is 2.79 bits per heavy atom. The van der Waals surface area contributed by atoms with Crippen LogP contribution in [-0.2, 0) is 9.59 Å². The lowest BCUT2D eigenvalue weighted by Gasteiger charge is -2.15. The summed E-state index contributed by atoms with van der Waals surface area (Å²) in [6, 6.07) is 5.28. The van der Waals surface area contributed by atoms with Crippen molar-refractivity contribution in [3.05, 3.63) is 28.8 Å². The molecule has 2 N–H and O–H groups in total. The van der Waals surface area contributed by atoms with Gasteiger partial charge in [0.25, 0.3) is 5.91 Å². The highest BCUT2D eigenvalue weighted by molar-refractivity contribution is 6.32. The zero-order valence-electron chi connectivity index (χ0n) is 10.8. The Morgan fingerprint density at radius 2 is 2.16 bits per heavy atom. The number of carbonyl (C=O) groups is 2. The Kier molecular flexibility index (Phi) is 5.63. The third-order valence-corrected chi connectivity index (χ3v) is 2.71. The first-order chi connectivity index (χ1) is 8.90. The monoisotopic (exact) mass is 285 g/mol. The molecule has 1 aromatic rings. The third kappa shape index (κ3) is 5.18. The quantitative estimate of drug-likeness (QED) is 0.838. The maximum Gasteiger partial charge on any atom is 0.305 e. The highest BCUT2D eigenvalue weighted by Gasteiger charge is 2.16. The third-order valence-electron chi connectivity index (χ3n) is 2.40. The van der Waals surface area contributed by atoms with Gasteiger partial charge in [0.2, 0.25) is 0 Å². The van der Waals surface area contributed by atoms with Crippen LogP contribution < -0.4 is 10.1 Å². The van der Waals surface area contributed by atoms with E-state index in [4.69, 9.17) is 21.4 Å². The van der Waals surface area contributed by atoms with Crippen molar-refractivity contribution < 1.29 is 19.4 Å². The second-order valence-electron chi connectivity index (χ2n) is 4.13. The van der Waals surface area contributed by atoms with E-state index in [0.717, 1.165) is 5.56 Å². The molecule has 0 heterocycles. The van der Waals surface area contributed by atoms with Crippen LogP contribution in [0.5, 0.6) is 5.75 Å². The summed E-state index contributed by atoms with van der Waals surface area (Å²) in [5.74, 6) is -0.906. The number of hydrogen-bond acceptors (Lipinski definition) is 3. The summed E-state index contributed by atoms with van der Waals surface area (Å²) in [6.07, 6.45) is -0.864. The van der Waals surface area contributed by atoms with E-state index < -0.39 is 12.1 Å². The minimum absolute atomic E-state index is 0.0728. The molecule has 1 unspecified atom stereocenters. The van der Waals surface area contributed by atoms with E-state index in [-0.39, 0.29) is 18.9 Å². The highest BCUT2D eigenvalue weighted by atomic mass is 35.5. The van der Waals surface area contributed by atoms with E-state index in [1.807, 2.05) is 13.0 Å². The van der Waals surface area contributed by atoms with Crippen molar-refractivity contribution >= 4 is 23.5 Å². The van der Waals surface area contributed by atoms with E-state index in [1.165, 1.54) is 0 Å². The van der Waals surface area contributed by atoms with Gasteiger partial charge in [-0.2, -0.15) is 0 Å². The number of aryl methyl sites for hydroxylation is 1. The fourth-order valence-electron chi connectivity index (χ4n) is 1.38. The predicted molar refractivity (Wildman–Crippen MR) is 71.5 cm³/mol. The standard InChI is InChI=1S/C13H16ClNO4/c1-8-3-4-10(14)11(7-8)19-9(2)13(18)15-6-5-12(16)17/h3-4,7,9H,5-6H2,1-2H3,(H,15,18)(H,16,17). The summed E-state index contributed by atoms with van der Waals surface area (Å²) in [4.78, 5) is 22.0. The van der Waals surface area contributed by atoms with Gasteiger partial charge in [-0.15, -0.1) is 0 Å². The molecule has 0 bridgehead atoms. The Hall–Kier alpha value is -1.75. The summed E-state index contributed by atoms with van der Waals surface area (Å²) >= 11 is 5.96. The molecule has 1 amide bonds. The molecule has 1 aromatic carbocycles. The topological polar surface area (TPSA) is 75.6 Å². The molecular formula is C13H16ClNO4. The number of aliphatic carboxylic acids is 1. The molecule has 5 nitrogen and oxygen atoms in total.